The quantitative estimate of drug-likeness (QED) is 0.781. The lowest BCUT2D eigenvalue weighted by molar-refractivity contribution is -0.137. The Labute approximate surface area is 98.1 Å². The summed E-state index contributed by atoms with van der Waals surface area (Å²) in [5, 5.41) is 0. The Bertz CT molecular complexity index is 228. The summed E-state index contributed by atoms with van der Waals surface area (Å²) < 4.78 is 5.32. The van der Waals surface area contributed by atoms with Gasteiger partial charge in [0, 0.05) is 18.6 Å². The molecule has 0 atom stereocenters. The molecule has 0 aromatic rings. The molecule has 0 radical (unpaired) electrons. The van der Waals surface area contributed by atoms with Gasteiger partial charge in [-0.2, -0.15) is 0 Å². The zero-order valence-electron chi connectivity index (χ0n) is 10.7. The van der Waals surface area contributed by atoms with Crippen LogP contribution in [-0.4, -0.2) is 42.6 Å². The van der Waals surface area contributed by atoms with Gasteiger partial charge in [-0.1, -0.05) is 6.92 Å². The standard InChI is InChI=1S/C12H24N2O2/c1-10-4-6-14(7-5-10)11(15)8-16-9-12(2,3)13/h10H,4-9,13H2,1-3H3. The van der Waals surface area contributed by atoms with Crippen molar-refractivity contribution in [2.75, 3.05) is 26.3 Å². The summed E-state index contributed by atoms with van der Waals surface area (Å²) in [6.07, 6.45) is 2.21. The van der Waals surface area contributed by atoms with E-state index < -0.39 is 0 Å². The first kappa shape index (κ1) is 13.5. The molecule has 1 aliphatic rings. The molecule has 1 amide bonds. The maximum atomic E-state index is 11.8. The molecule has 0 unspecified atom stereocenters. The van der Waals surface area contributed by atoms with E-state index in [2.05, 4.69) is 6.92 Å². The summed E-state index contributed by atoms with van der Waals surface area (Å²) in [5.41, 5.74) is 5.40. The third kappa shape index (κ3) is 4.94. The Balaban J connectivity index is 2.20. The molecule has 4 heteroatoms. The van der Waals surface area contributed by atoms with Crippen molar-refractivity contribution in [1.82, 2.24) is 4.90 Å². The molecule has 4 nitrogen and oxygen atoms in total. The lowest BCUT2D eigenvalue weighted by Gasteiger charge is -2.30. The Morgan fingerprint density at radius 3 is 2.50 bits per heavy atom. The molecule has 16 heavy (non-hydrogen) atoms. The van der Waals surface area contributed by atoms with E-state index in [1.165, 1.54) is 0 Å². The van der Waals surface area contributed by atoms with Crippen LogP contribution in [0.4, 0.5) is 0 Å². The molecule has 0 bridgehead atoms. The van der Waals surface area contributed by atoms with Gasteiger partial charge in [-0.15, -0.1) is 0 Å². The van der Waals surface area contributed by atoms with Gasteiger partial charge in [-0.05, 0) is 32.6 Å². The second-order valence-corrected chi connectivity index (χ2v) is 5.54. The van der Waals surface area contributed by atoms with Crippen LogP contribution in [0.2, 0.25) is 0 Å². The van der Waals surface area contributed by atoms with Crippen molar-refractivity contribution in [1.29, 1.82) is 0 Å². The fourth-order valence-electron chi connectivity index (χ4n) is 1.75. The van der Waals surface area contributed by atoms with Crippen molar-refractivity contribution in [3.63, 3.8) is 0 Å². The largest absolute Gasteiger partial charge is 0.370 e. The second-order valence-electron chi connectivity index (χ2n) is 5.54. The number of carbonyl (C=O) groups is 1. The highest BCUT2D eigenvalue weighted by atomic mass is 16.5. The topological polar surface area (TPSA) is 55.6 Å². The van der Waals surface area contributed by atoms with Crippen LogP contribution in [0.25, 0.3) is 0 Å². The van der Waals surface area contributed by atoms with E-state index in [0.29, 0.717) is 6.61 Å². The van der Waals surface area contributed by atoms with Crippen molar-refractivity contribution < 1.29 is 9.53 Å². The summed E-state index contributed by atoms with van der Waals surface area (Å²) in [7, 11) is 0. The van der Waals surface area contributed by atoms with Gasteiger partial charge in [-0.3, -0.25) is 4.79 Å². The molecule has 1 fully saturated rings. The summed E-state index contributed by atoms with van der Waals surface area (Å²) in [4.78, 5) is 13.6. The van der Waals surface area contributed by atoms with E-state index in [9.17, 15) is 4.79 Å². The Kier molecular flexibility index (Phi) is 4.74. The van der Waals surface area contributed by atoms with E-state index in [1.54, 1.807) is 0 Å². The zero-order valence-corrected chi connectivity index (χ0v) is 10.7. The van der Waals surface area contributed by atoms with Crippen molar-refractivity contribution >= 4 is 5.91 Å². The molecular weight excluding hydrogens is 204 g/mol. The van der Waals surface area contributed by atoms with Crippen LogP contribution in [0.1, 0.15) is 33.6 Å². The van der Waals surface area contributed by atoms with Crippen molar-refractivity contribution in [3.8, 4) is 0 Å². The first-order chi connectivity index (χ1) is 7.38. The third-order valence-electron chi connectivity index (χ3n) is 2.84. The number of hydrogen-bond donors (Lipinski definition) is 1. The fourth-order valence-corrected chi connectivity index (χ4v) is 1.75. The number of ether oxygens (including phenoxy) is 1. The van der Waals surface area contributed by atoms with Gasteiger partial charge in [0.1, 0.15) is 6.61 Å². The smallest absolute Gasteiger partial charge is 0.248 e. The van der Waals surface area contributed by atoms with Gasteiger partial charge in [-0.25, -0.2) is 0 Å². The highest BCUT2D eigenvalue weighted by molar-refractivity contribution is 5.77. The number of piperidine rings is 1. The van der Waals surface area contributed by atoms with Crippen LogP contribution >= 0.6 is 0 Å². The minimum Gasteiger partial charge on any atom is -0.370 e. The molecule has 0 spiro atoms. The Morgan fingerprint density at radius 2 is 2.00 bits per heavy atom. The predicted octanol–water partition coefficient (Wildman–Crippen LogP) is 0.999. The molecule has 1 saturated heterocycles. The summed E-state index contributed by atoms with van der Waals surface area (Å²) in [6, 6.07) is 0. The molecule has 1 heterocycles. The molecule has 0 saturated carbocycles. The van der Waals surface area contributed by atoms with Crippen molar-refractivity contribution in [3.05, 3.63) is 0 Å². The normalized spacial score (nSPS) is 18.9. The number of carbonyl (C=O) groups excluding carboxylic acids is 1. The molecule has 94 valence electrons. The molecule has 0 aromatic carbocycles. The average Bonchev–Trinajstić information content (AvgIpc) is 2.16. The molecule has 1 aliphatic heterocycles. The summed E-state index contributed by atoms with van der Waals surface area (Å²) in [6.45, 7) is 8.33. The molecule has 1 rings (SSSR count). The number of nitrogens with two attached hydrogens (primary N) is 1. The maximum Gasteiger partial charge on any atom is 0.248 e. The van der Waals surface area contributed by atoms with Gasteiger partial charge in [0.15, 0.2) is 0 Å². The van der Waals surface area contributed by atoms with E-state index in [-0.39, 0.29) is 18.1 Å². The molecular formula is C12H24N2O2. The Morgan fingerprint density at radius 1 is 1.44 bits per heavy atom. The van der Waals surface area contributed by atoms with E-state index >= 15 is 0 Å². The first-order valence-corrected chi connectivity index (χ1v) is 6.03. The molecule has 2 N–H and O–H groups in total. The van der Waals surface area contributed by atoms with Crippen molar-refractivity contribution in [2.45, 2.75) is 39.2 Å². The second kappa shape index (κ2) is 5.64. The number of amides is 1. The highest BCUT2D eigenvalue weighted by Gasteiger charge is 2.20. The monoisotopic (exact) mass is 228 g/mol. The Hall–Kier alpha value is -0.610. The SMILES string of the molecule is CC1CCN(C(=O)COCC(C)(C)N)CC1. The third-order valence-corrected chi connectivity index (χ3v) is 2.84. The van der Waals surface area contributed by atoms with Crippen LogP contribution in [-0.2, 0) is 9.53 Å². The average molecular weight is 228 g/mol. The fraction of sp³-hybridized carbons (Fsp3) is 0.917. The van der Waals surface area contributed by atoms with E-state index in [0.717, 1.165) is 31.8 Å². The van der Waals surface area contributed by atoms with E-state index in [4.69, 9.17) is 10.5 Å². The van der Waals surface area contributed by atoms with Gasteiger partial charge in [0.2, 0.25) is 5.91 Å². The van der Waals surface area contributed by atoms with Gasteiger partial charge in [0.05, 0.1) is 6.61 Å². The van der Waals surface area contributed by atoms with Crippen LogP contribution < -0.4 is 5.73 Å². The van der Waals surface area contributed by atoms with Crippen molar-refractivity contribution in [2.24, 2.45) is 11.7 Å². The number of nitrogens with zero attached hydrogens (tertiary/aromatic N) is 1. The number of likely N-dealkylation sites (tertiary alicyclic amines) is 1. The van der Waals surface area contributed by atoms with E-state index in [1.807, 2.05) is 18.7 Å². The first-order valence-electron chi connectivity index (χ1n) is 6.03. The summed E-state index contributed by atoms with van der Waals surface area (Å²) in [5.74, 6) is 0.837. The van der Waals surface area contributed by atoms with Crippen LogP contribution in [0.15, 0.2) is 0 Å². The van der Waals surface area contributed by atoms with Gasteiger partial charge < -0.3 is 15.4 Å². The van der Waals surface area contributed by atoms with Crippen LogP contribution in [0, 0.1) is 5.92 Å². The number of hydrogen-bond acceptors (Lipinski definition) is 3. The van der Waals surface area contributed by atoms with Crippen LogP contribution in [0.3, 0.4) is 0 Å². The lowest BCUT2D eigenvalue weighted by atomic mass is 9.99. The van der Waals surface area contributed by atoms with Gasteiger partial charge >= 0.3 is 0 Å². The molecule has 0 aromatic heterocycles. The maximum absolute atomic E-state index is 11.8. The highest BCUT2D eigenvalue weighted by Crippen LogP contribution is 2.15. The van der Waals surface area contributed by atoms with Gasteiger partial charge in [0.25, 0.3) is 0 Å². The summed E-state index contributed by atoms with van der Waals surface area (Å²) >= 11 is 0. The zero-order chi connectivity index (χ0) is 12.2. The predicted molar refractivity (Wildman–Crippen MR) is 64.1 cm³/mol. The minimum atomic E-state index is -0.364. The van der Waals surface area contributed by atoms with Crippen LogP contribution in [0.5, 0.6) is 0 Å². The number of rotatable bonds is 4. The minimum absolute atomic E-state index is 0.0937. The lowest BCUT2D eigenvalue weighted by Crippen LogP contribution is -2.42. The molecule has 0 aliphatic carbocycles.